The lowest BCUT2D eigenvalue weighted by Crippen LogP contribution is -2.62. The van der Waals surface area contributed by atoms with Gasteiger partial charge in [-0.05, 0) is 48.9 Å². The molecule has 1 amide bonds. The first-order valence-corrected chi connectivity index (χ1v) is 11.9. The van der Waals surface area contributed by atoms with Crippen LogP contribution in [-0.2, 0) is 11.3 Å². The predicted octanol–water partition coefficient (Wildman–Crippen LogP) is 2.86. The lowest BCUT2D eigenvalue weighted by Gasteiger charge is -2.47. The summed E-state index contributed by atoms with van der Waals surface area (Å²) in [6, 6.07) is 14.0. The van der Waals surface area contributed by atoms with Crippen LogP contribution in [-0.4, -0.2) is 85.1 Å². The number of nitrogens with zero attached hydrogens (tertiary/aromatic N) is 3. The second kappa shape index (κ2) is 11.3. The van der Waals surface area contributed by atoms with Gasteiger partial charge in [0.1, 0.15) is 11.6 Å². The molecule has 2 fully saturated rings. The third-order valence-electron chi connectivity index (χ3n) is 6.43. The maximum Gasteiger partial charge on any atom is 0.260 e. The van der Waals surface area contributed by atoms with Gasteiger partial charge in [-0.25, -0.2) is 4.39 Å². The van der Waals surface area contributed by atoms with Gasteiger partial charge < -0.3 is 15.0 Å². The molecule has 2 aromatic rings. The van der Waals surface area contributed by atoms with E-state index in [2.05, 4.69) is 22.0 Å². The first kappa shape index (κ1) is 24.0. The molecule has 2 aliphatic heterocycles. The number of hydrogen-bond donors (Lipinski definition) is 1. The third-order valence-corrected chi connectivity index (χ3v) is 6.68. The number of carbonyl (C=O) groups is 1. The van der Waals surface area contributed by atoms with E-state index in [0.29, 0.717) is 17.3 Å². The van der Waals surface area contributed by atoms with Crippen LogP contribution in [0.3, 0.4) is 0 Å². The van der Waals surface area contributed by atoms with Gasteiger partial charge in [0.2, 0.25) is 0 Å². The predicted molar refractivity (Wildman–Crippen MR) is 128 cm³/mol. The Kier molecular flexibility index (Phi) is 8.20. The highest BCUT2D eigenvalue weighted by molar-refractivity contribution is 6.30. The molecule has 2 aromatic carbocycles. The van der Waals surface area contributed by atoms with Crippen LogP contribution >= 0.6 is 11.6 Å². The first-order chi connectivity index (χ1) is 16.0. The van der Waals surface area contributed by atoms with Crippen molar-refractivity contribution in [2.75, 3.05) is 52.4 Å². The molecule has 0 saturated carbocycles. The van der Waals surface area contributed by atoms with Crippen molar-refractivity contribution in [2.24, 2.45) is 0 Å². The Hall–Kier alpha value is -2.19. The zero-order chi connectivity index (χ0) is 23.2. The van der Waals surface area contributed by atoms with Crippen molar-refractivity contribution in [3.63, 3.8) is 0 Å². The number of nitrogens with one attached hydrogen (secondary N) is 1. The summed E-state index contributed by atoms with van der Waals surface area (Å²) in [6.07, 6.45) is 0. The number of halogens is 2. The number of piperazine rings is 2. The minimum absolute atomic E-state index is 0.00425. The second-order valence-electron chi connectivity index (χ2n) is 8.90. The van der Waals surface area contributed by atoms with Crippen molar-refractivity contribution in [2.45, 2.75) is 25.6 Å². The molecule has 33 heavy (non-hydrogen) atoms. The molecule has 8 heteroatoms. The Labute approximate surface area is 200 Å². The van der Waals surface area contributed by atoms with Gasteiger partial charge in [0, 0.05) is 69.5 Å². The lowest BCUT2D eigenvalue weighted by atomic mass is 10.0. The van der Waals surface area contributed by atoms with Crippen LogP contribution in [0, 0.1) is 5.82 Å². The van der Waals surface area contributed by atoms with Gasteiger partial charge >= 0.3 is 0 Å². The van der Waals surface area contributed by atoms with Crippen molar-refractivity contribution in [1.29, 1.82) is 0 Å². The molecule has 0 spiro atoms. The van der Waals surface area contributed by atoms with Crippen molar-refractivity contribution < 1.29 is 13.9 Å². The smallest absolute Gasteiger partial charge is 0.260 e. The van der Waals surface area contributed by atoms with Crippen LogP contribution in [0.2, 0.25) is 5.02 Å². The Morgan fingerprint density at radius 3 is 2.48 bits per heavy atom. The fourth-order valence-corrected chi connectivity index (χ4v) is 4.72. The second-order valence-corrected chi connectivity index (χ2v) is 9.33. The molecule has 0 aliphatic carbocycles. The molecule has 0 radical (unpaired) electrons. The SMILES string of the molecule is C[C@@H]1CN(Cc2ccc(F)cc2)[C@@H](CN2CCNCC2)CN1C(=O)COc1ccc(Cl)cc1. The highest BCUT2D eigenvalue weighted by atomic mass is 35.5. The monoisotopic (exact) mass is 474 g/mol. The molecule has 4 rings (SSSR count). The highest BCUT2D eigenvalue weighted by Gasteiger charge is 2.35. The number of benzene rings is 2. The normalized spacial score (nSPS) is 22.3. The number of ether oxygens (including phenoxy) is 1. The zero-order valence-electron chi connectivity index (χ0n) is 19.1. The zero-order valence-corrected chi connectivity index (χ0v) is 19.8. The number of rotatable bonds is 7. The molecule has 0 aromatic heterocycles. The number of hydrogen-bond acceptors (Lipinski definition) is 5. The maximum absolute atomic E-state index is 13.4. The third kappa shape index (κ3) is 6.67. The van der Waals surface area contributed by atoms with E-state index in [4.69, 9.17) is 16.3 Å². The van der Waals surface area contributed by atoms with Gasteiger partial charge in [-0.2, -0.15) is 0 Å². The lowest BCUT2D eigenvalue weighted by molar-refractivity contribution is -0.140. The molecular formula is C25H32ClFN4O2. The summed E-state index contributed by atoms with van der Waals surface area (Å²) < 4.78 is 19.1. The van der Waals surface area contributed by atoms with Gasteiger partial charge in [0.15, 0.2) is 6.61 Å². The molecule has 1 N–H and O–H groups in total. The Balaban J connectivity index is 1.42. The first-order valence-electron chi connectivity index (χ1n) is 11.6. The molecule has 0 unspecified atom stereocenters. The summed E-state index contributed by atoms with van der Waals surface area (Å²) in [5.41, 5.74) is 1.08. The molecule has 178 valence electrons. The fourth-order valence-electron chi connectivity index (χ4n) is 4.60. The summed E-state index contributed by atoms with van der Waals surface area (Å²) in [4.78, 5) is 19.9. The van der Waals surface area contributed by atoms with Crippen LogP contribution in [0.15, 0.2) is 48.5 Å². The van der Waals surface area contributed by atoms with Crippen LogP contribution in [0.5, 0.6) is 5.75 Å². The molecule has 2 atom stereocenters. The molecule has 0 bridgehead atoms. The van der Waals surface area contributed by atoms with E-state index in [1.54, 1.807) is 24.3 Å². The Morgan fingerprint density at radius 1 is 1.09 bits per heavy atom. The number of carbonyl (C=O) groups excluding carboxylic acids is 1. The molecule has 2 heterocycles. The van der Waals surface area contributed by atoms with Gasteiger partial charge in [0.25, 0.3) is 5.91 Å². The summed E-state index contributed by atoms with van der Waals surface area (Å²) in [5.74, 6) is 0.400. The van der Waals surface area contributed by atoms with Gasteiger partial charge in [0.05, 0.1) is 0 Å². The van der Waals surface area contributed by atoms with Gasteiger partial charge in [-0.3, -0.25) is 14.6 Å². The van der Waals surface area contributed by atoms with E-state index in [1.807, 2.05) is 17.0 Å². The topological polar surface area (TPSA) is 48.0 Å². The van der Waals surface area contributed by atoms with E-state index < -0.39 is 0 Å². The highest BCUT2D eigenvalue weighted by Crippen LogP contribution is 2.21. The minimum atomic E-state index is -0.222. The van der Waals surface area contributed by atoms with E-state index in [0.717, 1.165) is 51.4 Å². The van der Waals surface area contributed by atoms with Crippen molar-refractivity contribution in [3.8, 4) is 5.75 Å². The standard InChI is InChI=1S/C25H32ClFN4O2/c1-19-14-30(15-20-2-6-22(27)7-3-20)23(16-29-12-10-28-11-13-29)17-31(19)25(32)18-33-24-8-4-21(26)5-9-24/h2-9,19,23,28H,10-18H2,1H3/t19-,23+/m1/s1. The number of amides is 1. The van der Waals surface area contributed by atoms with Crippen molar-refractivity contribution in [1.82, 2.24) is 20.0 Å². The molecule has 6 nitrogen and oxygen atoms in total. The van der Waals surface area contributed by atoms with E-state index in [9.17, 15) is 9.18 Å². The van der Waals surface area contributed by atoms with Crippen LogP contribution in [0.1, 0.15) is 12.5 Å². The summed E-state index contributed by atoms with van der Waals surface area (Å²) in [5, 5.41) is 4.03. The largest absolute Gasteiger partial charge is 0.484 e. The summed E-state index contributed by atoms with van der Waals surface area (Å²) in [6.45, 7) is 9.12. The average Bonchev–Trinajstić information content (AvgIpc) is 2.82. The van der Waals surface area contributed by atoms with Crippen molar-refractivity contribution >= 4 is 17.5 Å². The van der Waals surface area contributed by atoms with E-state index in [1.165, 1.54) is 12.1 Å². The van der Waals surface area contributed by atoms with Crippen LogP contribution < -0.4 is 10.1 Å². The van der Waals surface area contributed by atoms with Gasteiger partial charge in [-0.15, -0.1) is 0 Å². The molecular weight excluding hydrogens is 443 g/mol. The Morgan fingerprint density at radius 2 is 1.79 bits per heavy atom. The van der Waals surface area contributed by atoms with E-state index >= 15 is 0 Å². The van der Waals surface area contributed by atoms with Crippen LogP contribution in [0.4, 0.5) is 4.39 Å². The maximum atomic E-state index is 13.4. The van der Waals surface area contributed by atoms with Crippen molar-refractivity contribution in [3.05, 3.63) is 64.9 Å². The van der Waals surface area contributed by atoms with Crippen LogP contribution in [0.25, 0.3) is 0 Å². The molecule has 2 aliphatic rings. The van der Waals surface area contributed by atoms with Gasteiger partial charge in [-0.1, -0.05) is 23.7 Å². The minimum Gasteiger partial charge on any atom is -0.484 e. The quantitative estimate of drug-likeness (QED) is 0.668. The fraction of sp³-hybridized carbons (Fsp3) is 0.480. The molecule has 2 saturated heterocycles. The van der Waals surface area contributed by atoms with E-state index in [-0.39, 0.29) is 30.4 Å². The average molecular weight is 475 g/mol. The summed E-state index contributed by atoms with van der Waals surface area (Å²) >= 11 is 5.93. The Bertz CT molecular complexity index is 906. The summed E-state index contributed by atoms with van der Waals surface area (Å²) in [7, 11) is 0.